The minimum Gasteiger partial charge on any atom is -0.597 e. The van der Waals surface area contributed by atoms with Crippen molar-refractivity contribution >= 4 is 30.3 Å². The number of benzene rings is 1. The molecule has 14 heteroatoms. The number of imidazole rings is 1. The predicted molar refractivity (Wildman–Crippen MR) is 203 cm³/mol. The molecule has 0 aliphatic carbocycles. The fraction of sp³-hybridized carbons (Fsp3) is 0.595. The van der Waals surface area contributed by atoms with E-state index in [-0.39, 0.29) is 18.3 Å². The zero-order valence-electron chi connectivity index (χ0n) is 31.7. The van der Waals surface area contributed by atoms with E-state index in [4.69, 9.17) is 28.3 Å². The van der Waals surface area contributed by atoms with Crippen LogP contribution in [0.1, 0.15) is 70.6 Å². The van der Waals surface area contributed by atoms with E-state index in [2.05, 4.69) is 29.2 Å². The normalized spacial score (nSPS) is 16.3. The summed E-state index contributed by atoms with van der Waals surface area (Å²) >= 11 is -1.31. The third kappa shape index (κ3) is 9.16. The van der Waals surface area contributed by atoms with E-state index >= 15 is 0 Å². The van der Waals surface area contributed by atoms with Gasteiger partial charge in [-0.2, -0.15) is 0 Å². The third-order valence-electron chi connectivity index (χ3n) is 9.34. The van der Waals surface area contributed by atoms with Crippen molar-refractivity contribution in [3.8, 4) is 17.0 Å². The van der Waals surface area contributed by atoms with E-state index in [0.29, 0.717) is 44.3 Å². The molecule has 51 heavy (non-hydrogen) atoms. The Morgan fingerprint density at radius 3 is 2.51 bits per heavy atom. The molecule has 0 spiro atoms. The quantitative estimate of drug-likeness (QED) is 0.0634. The van der Waals surface area contributed by atoms with Crippen LogP contribution in [0.2, 0.25) is 25.7 Å². The maximum Gasteiger partial charge on any atom is 0.255 e. The van der Waals surface area contributed by atoms with Gasteiger partial charge in [0.15, 0.2) is 0 Å². The van der Waals surface area contributed by atoms with Gasteiger partial charge in [-0.3, -0.25) is 4.79 Å². The highest BCUT2D eigenvalue weighted by Gasteiger charge is 2.43. The highest BCUT2D eigenvalue weighted by Crippen LogP contribution is 2.39. The maximum atomic E-state index is 14.0. The Hall–Kier alpha value is -2.98. The standard InChI is InChI=1S/C37H55N5O7SSi/c1-36(2,3)50(44)41(5)29(13-11-10-12-16-37(48-19-20-49-37)35-38-17-18-47-35)34-39-25-31(42(34)26-46-21-22-51(7,8)9)28-23-27-14-15-33(43)40(4)30(27)24-32(28)45-6/h14-15,17-18,23-25,29H,10-13,16,19-22,26H2,1-9H3/t29?,50-/m0/s1. The second kappa shape index (κ2) is 16.4. The fourth-order valence-corrected chi connectivity index (χ4v) is 8.50. The molecule has 4 aromatic rings. The Morgan fingerprint density at radius 2 is 1.86 bits per heavy atom. The molecule has 1 unspecified atom stereocenters. The van der Waals surface area contributed by atoms with Crippen molar-refractivity contribution < 1.29 is 27.9 Å². The van der Waals surface area contributed by atoms with Crippen LogP contribution in [-0.4, -0.2) is 74.8 Å². The molecular weight excluding hydrogens is 687 g/mol. The van der Waals surface area contributed by atoms with Gasteiger partial charge in [0.05, 0.1) is 43.9 Å². The van der Waals surface area contributed by atoms with Crippen molar-refractivity contribution in [1.82, 2.24) is 23.4 Å². The van der Waals surface area contributed by atoms with E-state index in [0.717, 1.165) is 53.3 Å². The summed E-state index contributed by atoms with van der Waals surface area (Å²) in [5.74, 6) is 0.905. The van der Waals surface area contributed by atoms with Crippen LogP contribution in [0.3, 0.4) is 0 Å². The average Bonchev–Trinajstić information content (AvgIpc) is 3.87. The Kier molecular flexibility index (Phi) is 12.6. The first-order valence-corrected chi connectivity index (χ1v) is 22.6. The first-order valence-electron chi connectivity index (χ1n) is 17.8. The van der Waals surface area contributed by atoms with Crippen LogP contribution in [0.15, 0.2) is 52.1 Å². The molecule has 1 aliphatic heterocycles. The number of rotatable bonds is 17. The van der Waals surface area contributed by atoms with Crippen molar-refractivity contribution in [3.05, 3.63) is 65.0 Å². The summed E-state index contributed by atoms with van der Waals surface area (Å²) in [4.78, 5) is 21.8. The molecule has 4 heterocycles. The molecular formula is C37H55N5O7SSi. The van der Waals surface area contributed by atoms with Gasteiger partial charge in [-0.05, 0) is 57.2 Å². The average molecular weight is 742 g/mol. The van der Waals surface area contributed by atoms with E-state index in [1.54, 1.807) is 37.3 Å². The van der Waals surface area contributed by atoms with Crippen LogP contribution < -0.4 is 10.3 Å². The second-order valence-electron chi connectivity index (χ2n) is 15.4. The summed E-state index contributed by atoms with van der Waals surface area (Å²) < 4.78 is 49.0. The lowest BCUT2D eigenvalue weighted by atomic mass is 10.0. The summed E-state index contributed by atoms with van der Waals surface area (Å²) in [7, 11) is 3.98. The van der Waals surface area contributed by atoms with Gasteiger partial charge >= 0.3 is 0 Å². The highest BCUT2D eigenvalue weighted by molar-refractivity contribution is 7.90. The molecule has 0 saturated carbocycles. The summed E-state index contributed by atoms with van der Waals surface area (Å²) in [5.41, 5.74) is 2.35. The lowest BCUT2D eigenvalue weighted by molar-refractivity contribution is -0.187. The van der Waals surface area contributed by atoms with Crippen LogP contribution in [0, 0.1) is 0 Å². The minimum absolute atomic E-state index is 0.0887. The third-order valence-corrected chi connectivity index (χ3v) is 12.9. The van der Waals surface area contributed by atoms with Gasteiger partial charge in [0, 0.05) is 64.3 Å². The second-order valence-corrected chi connectivity index (χ2v) is 23.3. The lowest BCUT2D eigenvalue weighted by Gasteiger charge is -2.35. The largest absolute Gasteiger partial charge is 0.597 e. The molecule has 2 atom stereocenters. The molecule has 0 radical (unpaired) electrons. The van der Waals surface area contributed by atoms with Gasteiger partial charge in [0.2, 0.25) is 5.79 Å². The van der Waals surface area contributed by atoms with Gasteiger partial charge in [-0.1, -0.05) is 32.5 Å². The molecule has 5 rings (SSSR count). The Bertz CT molecular complexity index is 1790. The number of fused-ring (bicyclic) bond motifs is 1. The van der Waals surface area contributed by atoms with E-state index < -0.39 is 30.0 Å². The summed E-state index contributed by atoms with van der Waals surface area (Å²) in [5, 5.41) is 0.905. The smallest absolute Gasteiger partial charge is 0.255 e. The summed E-state index contributed by atoms with van der Waals surface area (Å²) in [6.07, 6.45) is 8.92. The zero-order chi connectivity index (χ0) is 37.0. The first kappa shape index (κ1) is 39.2. The molecule has 0 N–H and O–H groups in total. The number of aryl methyl sites for hydroxylation is 1. The van der Waals surface area contributed by atoms with Gasteiger partial charge in [-0.15, -0.1) is 4.31 Å². The van der Waals surface area contributed by atoms with E-state index in [1.807, 2.05) is 56.5 Å². The molecule has 3 aromatic heterocycles. The molecule has 12 nitrogen and oxygen atoms in total. The molecule has 0 bridgehead atoms. The number of hydrogen-bond acceptors (Lipinski definition) is 10. The molecule has 1 fully saturated rings. The summed E-state index contributed by atoms with van der Waals surface area (Å²) in [6, 6.07) is 8.10. The highest BCUT2D eigenvalue weighted by atomic mass is 32.2. The van der Waals surface area contributed by atoms with Crippen molar-refractivity contribution in [2.75, 3.05) is 34.0 Å². The van der Waals surface area contributed by atoms with Crippen LogP contribution in [0.5, 0.6) is 5.75 Å². The van der Waals surface area contributed by atoms with Crippen LogP contribution >= 0.6 is 0 Å². The fourth-order valence-electron chi connectivity index (χ4n) is 6.45. The molecule has 1 saturated heterocycles. The van der Waals surface area contributed by atoms with E-state index in [9.17, 15) is 9.35 Å². The number of hydrogen-bond donors (Lipinski definition) is 0. The Labute approximate surface area is 305 Å². The number of ether oxygens (including phenoxy) is 4. The monoisotopic (exact) mass is 741 g/mol. The Balaban J connectivity index is 1.48. The zero-order valence-corrected chi connectivity index (χ0v) is 33.5. The van der Waals surface area contributed by atoms with Gasteiger partial charge in [-0.25, -0.2) is 9.97 Å². The lowest BCUT2D eigenvalue weighted by Crippen LogP contribution is -2.43. The van der Waals surface area contributed by atoms with Crippen molar-refractivity contribution in [3.63, 3.8) is 0 Å². The van der Waals surface area contributed by atoms with Crippen molar-refractivity contribution in [1.29, 1.82) is 0 Å². The Morgan fingerprint density at radius 1 is 1.12 bits per heavy atom. The topological polar surface area (TPSA) is 129 Å². The number of nitrogens with zero attached hydrogens (tertiary/aromatic N) is 5. The number of aromatic nitrogens is 4. The van der Waals surface area contributed by atoms with Crippen molar-refractivity contribution in [2.24, 2.45) is 7.05 Å². The molecule has 1 aromatic carbocycles. The number of methoxy groups -OCH3 is 1. The molecule has 0 amide bonds. The van der Waals surface area contributed by atoms with Crippen LogP contribution in [-0.2, 0) is 45.1 Å². The number of unbranched alkanes of at least 4 members (excludes halogenated alkanes) is 2. The SMILES string of the molecule is COc1cc2c(ccc(=O)n2C)cc1-c1cnc(C(CCCCCC2(c3ncco3)OCCO2)N(C)[S@@+]([O-])C(C)(C)C)n1COCC[Si](C)(C)C. The summed E-state index contributed by atoms with van der Waals surface area (Å²) in [6.45, 7) is 14.9. The van der Waals surface area contributed by atoms with Gasteiger partial charge < -0.3 is 37.1 Å². The van der Waals surface area contributed by atoms with Gasteiger partial charge in [0.25, 0.3) is 11.4 Å². The minimum atomic E-state index is -1.33. The first-order chi connectivity index (χ1) is 24.1. The number of pyridine rings is 1. The maximum absolute atomic E-state index is 14.0. The number of oxazole rings is 1. The predicted octanol–water partition coefficient (Wildman–Crippen LogP) is 7.00. The molecule has 1 aliphatic rings. The van der Waals surface area contributed by atoms with Crippen LogP contribution in [0.4, 0.5) is 0 Å². The van der Waals surface area contributed by atoms with Crippen molar-refractivity contribution in [2.45, 2.75) is 102 Å². The van der Waals surface area contributed by atoms with Gasteiger partial charge in [0.1, 0.15) is 35.4 Å². The van der Waals surface area contributed by atoms with Crippen LogP contribution in [0.25, 0.3) is 22.2 Å². The van der Waals surface area contributed by atoms with E-state index in [1.165, 1.54) is 0 Å². The molecule has 280 valence electrons.